The summed E-state index contributed by atoms with van der Waals surface area (Å²) in [7, 11) is 0. The average molecular weight is 511 g/mol. The molecule has 0 heterocycles. The van der Waals surface area contributed by atoms with E-state index in [0.717, 1.165) is 22.0 Å². The van der Waals surface area contributed by atoms with Crippen molar-refractivity contribution in [2.45, 2.75) is 26.9 Å². The van der Waals surface area contributed by atoms with Crippen LogP contribution >= 0.6 is 15.9 Å². The van der Waals surface area contributed by atoms with Gasteiger partial charge in [0, 0.05) is 15.6 Å². The van der Waals surface area contributed by atoms with Crippen LogP contribution in [0.3, 0.4) is 0 Å². The highest BCUT2D eigenvalue weighted by molar-refractivity contribution is 9.10. The molecule has 7 heteroatoms. The third-order valence-corrected chi connectivity index (χ3v) is 5.04. The van der Waals surface area contributed by atoms with E-state index < -0.39 is 0 Å². The summed E-state index contributed by atoms with van der Waals surface area (Å²) in [6.07, 6.45) is 2.46. The summed E-state index contributed by atoms with van der Waals surface area (Å²) in [6.45, 7) is 5.39. The Morgan fingerprint density at radius 1 is 0.939 bits per heavy atom. The molecule has 3 aromatic rings. The van der Waals surface area contributed by atoms with Crippen molar-refractivity contribution in [2.24, 2.45) is 5.10 Å². The molecule has 0 unspecified atom stereocenters. The number of ether oxygens (including phenoxy) is 3. The Hall–Kier alpha value is -3.32. The van der Waals surface area contributed by atoms with Gasteiger partial charge in [-0.05, 0) is 55.3 Å². The summed E-state index contributed by atoms with van der Waals surface area (Å²) in [4.78, 5) is 12.6. The van der Waals surface area contributed by atoms with Crippen LogP contribution in [0.25, 0.3) is 0 Å². The highest BCUT2D eigenvalue weighted by Crippen LogP contribution is 2.29. The Balaban J connectivity index is 1.68. The topological polar surface area (TPSA) is 69.2 Å². The van der Waals surface area contributed by atoms with Gasteiger partial charge < -0.3 is 14.2 Å². The van der Waals surface area contributed by atoms with E-state index in [4.69, 9.17) is 14.2 Å². The van der Waals surface area contributed by atoms with Crippen molar-refractivity contribution in [3.8, 4) is 17.2 Å². The fourth-order valence-corrected chi connectivity index (χ4v) is 3.34. The van der Waals surface area contributed by atoms with Crippen LogP contribution in [0.2, 0.25) is 0 Å². The van der Waals surface area contributed by atoms with Crippen molar-refractivity contribution in [3.63, 3.8) is 0 Å². The highest BCUT2D eigenvalue weighted by atomic mass is 79.9. The van der Waals surface area contributed by atoms with Crippen molar-refractivity contribution < 1.29 is 19.0 Å². The van der Waals surface area contributed by atoms with Gasteiger partial charge in [-0.2, -0.15) is 5.10 Å². The lowest BCUT2D eigenvalue weighted by Gasteiger charge is -2.13. The molecule has 0 bridgehead atoms. The molecule has 3 aromatic carbocycles. The number of halogens is 1. The van der Waals surface area contributed by atoms with Gasteiger partial charge in [0.1, 0.15) is 12.4 Å². The molecule has 0 aromatic heterocycles. The van der Waals surface area contributed by atoms with Gasteiger partial charge in [0.2, 0.25) is 0 Å². The van der Waals surface area contributed by atoms with Gasteiger partial charge >= 0.3 is 0 Å². The zero-order chi connectivity index (χ0) is 23.5. The Bertz CT molecular complexity index is 1090. The van der Waals surface area contributed by atoms with Gasteiger partial charge in [-0.3, -0.25) is 4.79 Å². The summed E-state index contributed by atoms with van der Waals surface area (Å²) in [6, 6.07) is 20.6. The largest absolute Gasteiger partial charge is 0.493 e. The second kappa shape index (κ2) is 12.6. The number of hydrogen-bond acceptors (Lipinski definition) is 5. The highest BCUT2D eigenvalue weighted by Gasteiger charge is 2.12. The van der Waals surface area contributed by atoms with E-state index in [9.17, 15) is 4.79 Å². The number of nitrogens with one attached hydrogen (secondary N) is 1. The number of carbonyl (C=O) groups excluding carboxylic acids is 1. The maximum atomic E-state index is 12.6. The van der Waals surface area contributed by atoms with Crippen molar-refractivity contribution in [1.29, 1.82) is 0 Å². The maximum absolute atomic E-state index is 12.6. The molecule has 0 radical (unpaired) electrons. The Morgan fingerprint density at radius 3 is 2.48 bits per heavy atom. The number of hydrogen-bond donors (Lipinski definition) is 1. The van der Waals surface area contributed by atoms with Gasteiger partial charge in [0.05, 0.1) is 19.4 Å². The third kappa shape index (κ3) is 7.36. The number of amides is 1. The minimum absolute atomic E-state index is 0.354. The van der Waals surface area contributed by atoms with Crippen molar-refractivity contribution in [1.82, 2.24) is 5.43 Å². The lowest BCUT2D eigenvalue weighted by molar-refractivity contribution is 0.0954. The number of nitrogens with zero attached hydrogens (tertiary/aromatic N) is 1. The first-order valence-corrected chi connectivity index (χ1v) is 11.6. The standard InChI is InChI=1S/C26H27BrN2O4/c1-3-14-32-23-13-11-22(27)15-21(23)17-28-29-26(30)20-10-12-24(25(16-20)31-4-2)33-18-19-8-6-5-7-9-19/h5-13,15-17H,3-4,14,18H2,1-2H3,(H,29,30)/b28-17+. The Labute approximate surface area is 202 Å². The monoisotopic (exact) mass is 510 g/mol. The van der Waals surface area contributed by atoms with E-state index in [1.165, 1.54) is 0 Å². The molecular weight excluding hydrogens is 484 g/mol. The van der Waals surface area contributed by atoms with Crippen molar-refractivity contribution in [3.05, 3.63) is 87.9 Å². The van der Waals surface area contributed by atoms with Crippen molar-refractivity contribution in [2.75, 3.05) is 13.2 Å². The Kier molecular flexibility index (Phi) is 9.32. The molecule has 1 amide bonds. The minimum Gasteiger partial charge on any atom is -0.493 e. The molecule has 0 fully saturated rings. The normalized spacial score (nSPS) is 10.8. The van der Waals surface area contributed by atoms with Crippen LogP contribution in [0.5, 0.6) is 17.2 Å². The lowest BCUT2D eigenvalue weighted by Crippen LogP contribution is -2.18. The molecule has 3 rings (SSSR count). The Morgan fingerprint density at radius 2 is 1.73 bits per heavy atom. The SMILES string of the molecule is CCCOc1ccc(Br)cc1/C=N/NC(=O)c1ccc(OCc2ccccc2)c(OCC)c1. The van der Waals surface area contributed by atoms with E-state index in [1.807, 2.05) is 62.4 Å². The molecule has 0 aliphatic heterocycles. The average Bonchev–Trinajstić information content (AvgIpc) is 2.83. The van der Waals surface area contributed by atoms with Crippen LogP contribution in [-0.2, 0) is 6.61 Å². The molecule has 1 N–H and O–H groups in total. The van der Waals surface area contributed by atoms with Gasteiger partial charge in [0.25, 0.3) is 5.91 Å². The summed E-state index contributed by atoms with van der Waals surface area (Å²) in [5.41, 5.74) is 4.79. The predicted molar refractivity (Wildman–Crippen MR) is 133 cm³/mol. The fourth-order valence-electron chi connectivity index (χ4n) is 2.96. The van der Waals surface area contributed by atoms with E-state index in [1.54, 1.807) is 24.4 Å². The maximum Gasteiger partial charge on any atom is 0.271 e. The van der Waals surface area contributed by atoms with Crippen LogP contribution in [0.1, 0.15) is 41.8 Å². The molecule has 172 valence electrons. The van der Waals surface area contributed by atoms with Crippen LogP contribution in [-0.4, -0.2) is 25.3 Å². The molecular formula is C26H27BrN2O4. The molecule has 0 spiro atoms. The number of hydrazone groups is 1. The van der Waals surface area contributed by atoms with Gasteiger partial charge in [0.15, 0.2) is 11.5 Å². The second-order valence-electron chi connectivity index (χ2n) is 7.10. The molecule has 33 heavy (non-hydrogen) atoms. The fraction of sp³-hybridized carbons (Fsp3) is 0.231. The van der Waals surface area contributed by atoms with Crippen molar-refractivity contribution >= 4 is 28.1 Å². The molecule has 0 aliphatic rings. The first-order valence-electron chi connectivity index (χ1n) is 10.8. The quantitative estimate of drug-likeness (QED) is 0.254. The zero-order valence-electron chi connectivity index (χ0n) is 18.7. The first-order chi connectivity index (χ1) is 16.1. The predicted octanol–water partition coefficient (Wildman–Crippen LogP) is 5.98. The summed E-state index contributed by atoms with van der Waals surface area (Å²) < 4.78 is 18.2. The molecule has 0 saturated heterocycles. The summed E-state index contributed by atoms with van der Waals surface area (Å²) in [5.74, 6) is 1.43. The number of rotatable bonds is 11. The van der Waals surface area contributed by atoms with Crippen LogP contribution < -0.4 is 19.6 Å². The van der Waals surface area contributed by atoms with Crippen LogP contribution in [0.15, 0.2) is 76.3 Å². The van der Waals surface area contributed by atoms with E-state index in [2.05, 4.69) is 26.5 Å². The molecule has 0 atom stereocenters. The van der Waals surface area contributed by atoms with Gasteiger partial charge in [-0.15, -0.1) is 0 Å². The second-order valence-corrected chi connectivity index (χ2v) is 8.01. The molecule has 6 nitrogen and oxygen atoms in total. The summed E-state index contributed by atoms with van der Waals surface area (Å²) in [5, 5.41) is 4.10. The zero-order valence-corrected chi connectivity index (χ0v) is 20.3. The van der Waals surface area contributed by atoms with Gasteiger partial charge in [-0.25, -0.2) is 5.43 Å². The van der Waals surface area contributed by atoms with E-state index >= 15 is 0 Å². The third-order valence-electron chi connectivity index (χ3n) is 4.55. The smallest absolute Gasteiger partial charge is 0.271 e. The van der Waals surface area contributed by atoms with E-state index in [-0.39, 0.29) is 5.91 Å². The van der Waals surface area contributed by atoms with E-state index in [0.29, 0.717) is 42.6 Å². The summed E-state index contributed by atoms with van der Waals surface area (Å²) >= 11 is 3.45. The number of benzene rings is 3. The van der Waals surface area contributed by atoms with Gasteiger partial charge in [-0.1, -0.05) is 53.2 Å². The van der Waals surface area contributed by atoms with Crippen LogP contribution in [0.4, 0.5) is 0 Å². The minimum atomic E-state index is -0.354. The van der Waals surface area contributed by atoms with Crippen LogP contribution in [0, 0.1) is 0 Å². The first kappa shape index (κ1) is 24.3. The molecule has 0 aliphatic carbocycles. The lowest BCUT2D eigenvalue weighted by atomic mass is 10.2. The molecule has 0 saturated carbocycles. The number of carbonyl (C=O) groups is 1.